The number of hydrogen-bond donors (Lipinski definition) is 1. The molecule has 0 saturated heterocycles. The lowest BCUT2D eigenvalue weighted by Crippen LogP contribution is -2.39. The smallest absolute Gasteiger partial charge is 0.254 e. The highest BCUT2D eigenvalue weighted by molar-refractivity contribution is 5.99. The molecular formula is C31H32N4O3. The summed E-state index contributed by atoms with van der Waals surface area (Å²) in [6, 6.07) is 23.0. The lowest BCUT2D eigenvalue weighted by molar-refractivity contribution is -0.117. The zero-order chi connectivity index (χ0) is 26.6. The van der Waals surface area contributed by atoms with Crippen molar-refractivity contribution in [3.8, 4) is 22.7 Å². The van der Waals surface area contributed by atoms with E-state index in [1.54, 1.807) is 36.3 Å². The van der Waals surface area contributed by atoms with Gasteiger partial charge in [-0.3, -0.25) is 19.5 Å². The number of aromatic nitrogens is 2. The van der Waals surface area contributed by atoms with Gasteiger partial charge in [0, 0.05) is 29.6 Å². The largest absolute Gasteiger partial charge is 0.497 e. The van der Waals surface area contributed by atoms with Crippen LogP contribution in [0, 0.1) is 19.8 Å². The standard InChI is InChI=1S/C31H32N4O3/c1-21-12-15-26(16-22(21)2)35-19-28(24-8-5-4-6-9-24)32-31(35)33-29(36)20-34(18-23-13-14-23)30(37)25-10-7-11-27(17-25)38-3/h4-12,15-17,19,23H,13-14,18,20H2,1-3H3,(H,32,33,36). The SMILES string of the molecule is COc1cccc(C(=O)N(CC(=O)Nc2nc(-c3ccccc3)cn2-c2ccc(C)c(C)c2)CC2CC2)c1. The number of methoxy groups -OCH3 is 1. The lowest BCUT2D eigenvalue weighted by atomic mass is 10.1. The van der Waals surface area contributed by atoms with E-state index in [-0.39, 0.29) is 18.4 Å². The van der Waals surface area contributed by atoms with Crippen LogP contribution in [0.4, 0.5) is 5.95 Å². The minimum absolute atomic E-state index is 0.0625. The lowest BCUT2D eigenvalue weighted by Gasteiger charge is -2.22. The number of carbonyl (C=O) groups is 2. The van der Waals surface area contributed by atoms with E-state index >= 15 is 0 Å². The zero-order valence-corrected chi connectivity index (χ0v) is 22.0. The molecule has 4 aromatic rings. The molecule has 38 heavy (non-hydrogen) atoms. The number of imidazole rings is 1. The van der Waals surface area contributed by atoms with E-state index in [0.717, 1.165) is 35.3 Å². The molecule has 0 radical (unpaired) electrons. The van der Waals surface area contributed by atoms with Crippen molar-refractivity contribution in [3.63, 3.8) is 0 Å². The minimum Gasteiger partial charge on any atom is -0.497 e. The Kier molecular flexibility index (Phi) is 7.26. The van der Waals surface area contributed by atoms with E-state index in [2.05, 4.69) is 31.3 Å². The summed E-state index contributed by atoms with van der Waals surface area (Å²) in [6.45, 7) is 4.61. The van der Waals surface area contributed by atoms with Gasteiger partial charge in [-0.15, -0.1) is 0 Å². The number of nitrogens with one attached hydrogen (secondary N) is 1. The van der Waals surface area contributed by atoms with Gasteiger partial charge in [0.1, 0.15) is 12.3 Å². The molecule has 0 bridgehead atoms. The molecule has 0 aliphatic heterocycles. The molecule has 1 N–H and O–H groups in total. The Balaban J connectivity index is 1.42. The summed E-state index contributed by atoms with van der Waals surface area (Å²) in [6.07, 6.45) is 4.07. The van der Waals surface area contributed by atoms with Crippen LogP contribution >= 0.6 is 0 Å². The van der Waals surface area contributed by atoms with Gasteiger partial charge in [0.05, 0.1) is 12.8 Å². The third-order valence-corrected chi connectivity index (χ3v) is 6.91. The molecule has 2 amide bonds. The molecule has 1 fully saturated rings. The second-order valence-electron chi connectivity index (χ2n) is 9.86. The molecule has 0 spiro atoms. The van der Waals surface area contributed by atoms with Crippen LogP contribution in [-0.2, 0) is 4.79 Å². The number of nitrogens with zero attached hydrogens (tertiary/aromatic N) is 3. The number of rotatable bonds is 9. The summed E-state index contributed by atoms with van der Waals surface area (Å²) in [5.41, 5.74) is 5.44. The van der Waals surface area contributed by atoms with Crippen LogP contribution in [0.2, 0.25) is 0 Å². The zero-order valence-electron chi connectivity index (χ0n) is 22.0. The van der Waals surface area contributed by atoms with Gasteiger partial charge >= 0.3 is 0 Å². The Morgan fingerprint density at radius 2 is 1.79 bits per heavy atom. The van der Waals surface area contributed by atoms with E-state index in [0.29, 0.717) is 29.7 Å². The van der Waals surface area contributed by atoms with Crippen LogP contribution < -0.4 is 10.1 Å². The first-order valence-corrected chi connectivity index (χ1v) is 12.9. The van der Waals surface area contributed by atoms with E-state index in [1.807, 2.05) is 47.2 Å². The van der Waals surface area contributed by atoms with Crippen molar-refractivity contribution in [2.24, 2.45) is 5.92 Å². The highest BCUT2D eigenvalue weighted by Gasteiger charge is 2.29. The molecule has 194 valence electrons. The van der Waals surface area contributed by atoms with Crippen LogP contribution in [0.1, 0.15) is 34.3 Å². The van der Waals surface area contributed by atoms with Crippen molar-refractivity contribution in [2.45, 2.75) is 26.7 Å². The topological polar surface area (TPSA) is 76.5 Å². The fourth-order valence-corrected chi connectivity index (χ4v) is 4.40. The molecular weight excluding hydrogens is 476 g/mol. The number of amides is 2. The number of aryl methyl sites for hydroxylation is 2. The van der Waals surface area contributed by atoms with Gasteiger partial charge < -0.3 is 9.64 Å². The summed E-state index contributed by atoms with van der Waals surface area (Å²) in [5, 5.41) is 2.98. The van der Waals surface area contributed by atoms with Crippen molar-refractivity contribution >= 4 is 17.8 Å². The van der Waals surface area contributed by atoms with Crippen molar-refractivity contribution in [1.82, 2.24) is 14.5 Å². The summed E-state index contributed by atoms with van der Waals surface area (Å²) in [7, 11) is 1.57. The first kappa shape index (κ1) is 25.3. The molecule has 1 heterocycles. The van der Waals surface area contributed by atoms with Crippen LogP contribution in [0.25, 0.3) is 16.9 Å². The fourth-order valence-electron chi connectivity index (χ4n) is 4.40. The number of carbonyl (C=O) groups excluding carboxylic acids is 2. The van der Waals surface area contributed by atoms with Crippen molar-refractivity contribution in [2.75, 3.05) is 25.5 Å². The summed E-state index contributed by atoms with van der Waals surface area (Å²) >= 11 is 0. The molecule has 7 heteroatoms. The quantitative estimate of drug-likeness (QED) is 0.317. The molecule has 5 rings (SSSR count). The van der Waals surface area contributed by atoms with E-state index in [4.69, 9.17) is 9.72 Å². The molecule has 1 aliphatic rings. The Hall–Kier alpha value is -4.39. The summed E-state index contributed by atoms with van der Waals surface area (Å²) in [4.78, 5) is 33.1. The third kappa shape index (κ3) is 5.78. The molecule has 1 aliphatic carbocycles. The van der Waals surface area contributed by atoms with Crippen LogP contribution in [0.15, 0.2) is 79.0 Å². The van der Waals surface area contributed by atoms with Gasteiger partial charge in [0.15, 0.2) is 0 Å². The minimum atomic E-state index is -0.294. The van der Waals surface area contributed by atoms with Gasteiger partial charge in [-0.2, -0.15) is 0 Å². The van der Waals surface area contributed by atoms with Gasteiger partial charge in [0.25, 0.3) is 5.91 Å². The number of anilines is 1. The van der Waals surface area contributed by atoms with Crippen LogP contribution in [-0.4, -0.2) is 46.5 Å². The van der Waals surface area contributed by atoms with E-state index < -0.39 is 0 Å². The normalized spacial score (nSPS) is 12.7. The molecule has 0 atom stereocenters. The first-order chi connectivity index (χ1) is 18.4. The van der Waals surface area contributed by atoms with Gasteiger partial charge in [-0.05, 0) is 74.1 Å². The van der Waals surface area contributed by atoms with Crippen molar-refractivity contribution in [1.29, 1.82) is 0 Å². The maximum atomic E-state index is 13.4. The Bertz CT molecular complexity index is 1460. The van der Waals surface area contributed by atoms with E-state index in [1.165, 1.54) is 5.56 Å². The molecule has 0 unspecified atom stereocenters. The molecule has 1 saturated carbocycles. The van der Waals surface area contributed by atoms with E-state index in [9.17, 15) is 9.59 Å². The Morgan fingerprint density at radius 3 is 2.50 bits per heavy atom. The summed E-state index contributed by atoms with van der Waals surface area (Å²) < 4.78 is 7.18. The van der Waals surface area contributed by atoms with Gasteiger partial charge in [-0.1, -0.05) is 42.5 Å². The average Bonchev–Trinajstić information content (AvgIpc) is 3.66. The maximum absolute atomic E-state index is 13.4. The molecule has 3 aromatic carbocycles. The van der Waals surface area contributed by atoms with Crippen molar-refractivity contribution in [3.05, 3.63) is 95.7 Å². The first-order valence-electron chi connectivity index (χ1n) is 12.9. The van der Waals surface area contributed by atoms with Crippen LogP contribution in [0.5, 0.6) is 5.75 Å². The number of ether oxygens (including phenoxy) is 1. The summed E-state index contributed by atoms with van der Waals surface area (Å²) in [5.74, 6) is 0.970. The number of benzene rings is 3. The second-order valence-corrected chi connectivity index (χ2v) is 9.86. The average molecular weight is 509 g/mol. The maximum Gasteiger partial charge on any atom is 0.254 e. The van der Waals surface area contributed by atoms with Gasteiger partial charge in [-0.25, -0.2) is 4.98 Å². The van der Waals surface area contributed by atoms with Crippen molar-refractivity contribution < 1.29 is 14.3 Å². The predicted octanol–water partition coefficient (Wildman–Crippen LogP) is 5.66. The highest BCUT2D eigenvalue weighted by atomic mass is 16.5. The molecule has 1 aromatic heterocycles. The second kappa shape index (κ2) is 10.9. The Labute approximate surface area is 223 Å². The fraction of sp³-hybridized carbons (Fsp3) is 0.258. The third-order valence-electron chi connectivity index (χ3n) is 6.91. The predicted molar refractivity (Wildman–Crippen MR) is 149 cm³/mol. The highest BCUT2D eigenvalue weighted by Crippen LogP contribution is 2.30. The monoisotopic (exact) mass is 508 g/mol. The van der Waals surface area contributed by atoms with Crippen LogP contribution in [0.3, 0.4) is 0 Å². The molecule has 7 nitrogen and oxygen atoms in total. The number of hydrogen-bond acceptors (Lipinski definition) is 4. The Morgan fingerprint density at radius 1 is 1.00 bits per heavy atom. The van der Waals surface area contributed by atoms with Gasteiger partial charge in [0.2, 0.25) is 11.9 Å².